The molecule has 5 heteroatoms. The van der Waals surface area contributed by atoms with E-state index in [0.29, 0.717) is 6.54 Å². The van der Waals surface area contributed by atoms with E-state index in [2.05, 4.69) is 21.2 Å². The van der Waals surface area contributed by atoms with Crippen LogP contribution < -0.4 is 5.32 Å². The number of carbonyl (C=O) groups is 1. The maximum absolute atomic E-state index is 10.3. The fraction of sp³-hybridized carbons (Fsp3) is 0.364. The van der Waals surface area contributed by atoms with Crippen LogP contribution in [0.5, 0.6) is 0 Å². The normalized spacial score (nSPS) is 12.1. The quantitative estimate of drug-likeness (QED) is 0.749. The molecule has 0 saturated carbocycles. The summed E-state index contributed by atoms with van der Waals surface area (Å²) in [5.74, 6) is -0.887. The Morgan fingerprint density at radius 3 is 2.88 bits per heavy atom. The average molecular weight is 288 g/mol. The van der Waals surface area contributed by atoms with Crippen molar-refractivity contribution < 1.29 is 15.0 Å². The van der Waals surface area contributed by atoms with Gasteiger partial charge in [0, 0.05) is 23.1 Å². The van der Waals surface area contributed by atoms with Crippen LogP contribution in [0.2, 0.25) is 0 Å². The number of carboxylic acids is 1. The smallest absolute Gasteiger partial charge is 0.303 e. The molecule has 4 nitrogen and oxygen atoms in total. The van der Waals surface area contributed by atoms with Crippen molar-refractivity contribution in [2.24, 2.45) is 0 Å². The number of carboxylic acid groups (broad SMARTS) is 1. The second kappa shape index (κ2) is 6.50. The first-order valence-electron chi connectivity index (χ1n) is 4.97. The Labute approximate surface area is 102 Å². The summed E-state index contributed by atoms with van der Waals surface area (Å²) in [6.45, 7) is 0.351. The Morgan fingerprint density at radius 2 is 2.25 bits per heavy atom. The molecule has 1 unspecified atom stereocenters. The number of hydrogen-bond acceptors (Lipinski definition) is 3. The molecule has 3 N–H and O–H groups in total. The van der Waals surface area contributed by atoms with E-state index in [9.17, 15) is 9.90 Å². The van der Waals surface area contributed by atoms with Crippen molar-refractivity contribution in [2.45, 2.75) is 18.9 Å². The number of anilines is 1. The molecule has 0 aliphatic heterocycles. The number of hydrogen-bond donors (Lipinski definition) is 3. The van der Waals surface area contributed by atoms with Crippen molar-refractivity contribution in [3.8, 4) is 0 Å². The first-order valence-corrected chi connectivity index (χ1v) is 5.76. The zero-order chi connectivity index (χ0) is 12.0. The minimum absolute atomic E-state index is 0.0126. The summed E-state index contributed by atoms with van der Waals surface area (Å²) in [6.07, 6.45) is -0.396. The molecular weight excluding hydrogens is 274 g/mol. The van der Waals surface area contributed by atoms with Crippen LogP contribution in [0.1, 0.15) is 12.8 Å². The van der Waals surface area contributed by atoms with E-state index in [1.54, 1.807) is 0 Å². The lowest BCUT2D eigenvalue weighted by atomic mass is 10.2. The maximum Gasteiger partial charge on any atom is 0.303 e. The Hall–Kier alpha value is -1.07. The van der Waals surface area contributed by atoms with Gasteiger partial charge in [0.1, 0.15) is 0 Å². The van der Waals surface area contributed by atoms with Crippen LogP contribution in [0.4, 0.5) is 5.69 Å². The molecule has 0 bridgehead atoms. The molecular formula is C11H14BrNO3. The highest BCUT2D eigenvalue weighted by Gasteiger charge is 2.06. The highest BCUT2D eigenvalue weighted by Crippen LogP contribution is 2.15. The number of aliphatic carboxylic acids is 1. The van der Waals surface area contributed by atoms with Gasteiger partial charge in [0.25, 0.3) is 0 Å². The molecule has 0 spiro atoms. The van der Waals surface area contributed by atoms with Crippen LogP contribution in [-0.2, 0) is 4.79 Å². The van der Waals surface area contributed by atoms with Crippen molar-refractivity contribution in [1.29, 1.82) is 0 Å². The predicted octanol–water partition coefficient (Wildman–Crippen LogP) is 2.09. The van der Waals surface area contributed by atoms with Gasteiger partial charge < -0.3 is 15.5 Å². The van der Waals surface area contributed by atoms with Crippen LogP contribution >= 0.6 is 15.9 Å². The maximum atomic E-state index is 10.3. The second-order valence-corrected chi connectivity index (χ2v) is 4.39. The summed E-state index contributed by atoms with van der Waals surface area (Å²) in [6, 6.07) is 7.57. The van der Waals surface area contributed by atoms with E-state index in [-0.39, 0.29) is 12.8 Å². The summed E-state index contributed by atoms with van der Waals surface area (Å²) < 4.78 is 0.956. The SMILES string of the molecule is O=C(O)CCC(O)CNc1cccc(Br)c1. The molecule has 1 aromatic carbocycles. The molecule has 0 radical (unpaired) electrons. The van der Waals surface area contributed by atoms with Crippen molar-refractivity contribution in [3.05, 3.63) is 28.7 Å². The summed E-state index contributed by atoms with van der Waals surface area (Å²) in [5, 5.41) is 21.0. The molecule has 0 saturated heterocycles. The van der Waals surface area contributed by atoms with Crippen LogP contribution in [0.25, 0.3) is 0 Å². The topological polar surface area (TPSA) is 69.6 Å². The number of halogens is 1. The average Bonchev–Trinajstić information content (AvgIpc) is 2.23. The number of rotatable bonds is 6. The van der Waals surface area contributed by atoms with Crippen LogP contribution in [0.3, 0.4) is 0 Å². The molecule has 1 atom stereocenters. The summed E-state index contributed by atoms with van der Waals surface area (Å²) in [4.78, 5) is 10.3. The highest BCUT2D eigenvalue weighted by molar-refractivity contribution is 9.10. The van der Waals surface area contributed by atoms with Gasteiger partial charge in [-0.2, -0.15) is 0 Å². The molecule has 0 amide bonds. The minimum Gasteiger partial charge on any atom is -0.481 e. The Bertz CT molecular complexity index is 357. The number of aliphatic hydroxyl groups excluding tert-OH is 1. The Kier molecular flexibility index (Phi) is 5.28. The monoisotopic (exact) mass is 287 g/mol. The van der Waals surface area contributed by atoms with Crippen LogP contribution in [0.15, 0.2) is 28.7 Å². The lowest BCUT2D eigenvalue weighted by Crippen LogP contribution is -2.20. The summed E-state index contributed by atoms with van der Waals surface area (Å²) in [5.41, 5.74) is 0.892. The van der Waals surface area contributed by atoms with Gasteiger partial charge >= 0.3 is 5.97 Å². The largest absolute Gasteiger partial charge is 0.481 e. The van der Waals surface area contributed by atoms with Gasteiger partial charge in [-0.3, -0.25) is 4.79 Å². The molecule has 0 fully saturated rings. The standard InChI is InChI=1S/C11H14BrNO3/c12-8-2-1-3-9(6-8)13-7-10(14)4-5-11(15)16/h1-3,6,10,13-14H,4-5,7H2,(H,15,16). The second-order valence-electron chi connectivity index (χ2n) is 3.48. The summed E-state index contributed by atoms with van der Waals surface area (Å²) >= 11 is 3.34. The van der Waals surface area contributed by atoms with Crippen molar-refractivity contribution in [2.75, 3.05) is 11.9 Å². The summed E-state index contributed by atoms with van der Waals surface area (Å²) in [7, 11) is 0. The molecule has 1 aromatic rings. The van der Waals surface area contributed by atoms with Gasteiger partial charge in [-0.1, -0.05) is 22.0 Å². The van der Waals surface area contributed by atoms with E-state index in [1.807, 2.05) is 24.3 Å². The lowest BCUT2D eigenvalue weighted by molar-refractivity contribution is -0.137. The highest BCUT2D eigenvalue weighted by atomic mass is 79.9. The lowest BCUT2D eigenvalue weighted by Gasteiger charge is -2.11. The zero-order valence-electron chi connectivity index (χ0n) is 8.69. The van der Waals surface area contributed by atoms with Gasteiger partial charge in [-0.15, -0.1) is 0 Å². The zero-order valence-corrected chi connectivity index (χ0v) is 10.3. The molecule has 16 heavy (non-hydrogen) atoms. The van der Waals surface area contributed by atoms with Gasteiger partial charge in [0.2, 0.25) is 0 Å². The third-order valence-corrected chi connectivity index (χ3v) is 2.55. The first kappa shape index (κ1) is 13.0. The molecule has 0 heterocycles. The van der Waals surface area contributed by atoms with Gasteiger partial charge in [-0.25, -0.2) is 0 Å². The van der Waals surface area contributed by atoms with Gasteiger partial charge in [0.15, 0.2) is 0 Å². The number of aliphatic hydroxyl groups is 1. The van der Waals surface area contributed by atoms with Gasteiger partial charge in [-0.05, 0) is 24.6 Å². The van der Waals surface area contributed by atoms with E-state index >= 15 is 0 Å². The van der Waals surface area contributed by atoms with E-state index in [0.717, 1.165) is 10.2 Å². The van der Waals surface area contributed by atoms with Crippen LogP contribution in [0, 0.1) is 0 Å². The van der Waals surface area contributed by atoms with E-state index in [1.165, 1.54) is 0 Å². The molecule has 0 aliphatic carbocycles. The van der Waals surface area contributed by atoms with E-state index in [4.69, 9.17) is 5.11 Å². The molecule has 1 rings (SSSR count). The number of nitrogens with one attached hydrogen (secondary N) is 1. The van der Waals surface area contributed by atoms with Crippen molar-refractivity contribution >= 4 is 27.6 Å². The van der Waals surface area contributed by atoms with Crippen molar-refractivity contribution in [1.82, 2.24) is 0 Å². The predicted molar refractivity (Wildman–Crippen MR) is 65.5 cm³/mol. The minimum atomic E-state index is -0.887. The fourth-order valence-corrected chi connectivity index (χ4v) is 1.63. The van der Waals surface area contributed by atoms with E-state index < -0.39 is 12.1 Å². The molecule has 88 valence electrons. The third kappa shape index (κ3) is 5.14. The molecule has 0 aliphatic rings. The first-order chi connectivity index (χ1) is 7.58. The van der Waals surface area contributed by atoms with Crippen molar-refractivity contribution in [3.63, 3.8) is 0 Å². The van der Waals surface area contributed by atoms with Gasteiger partial charge in [0.05, 0.1) is 6.10 Å². The Morgan fingerprint density at radius 1 is 1.50 bits per heavy atom. The number of benzene rings is 1. The molecule has 0 aromatic heterocycles. The fourth-order valence-electron chi connectivity index (χ4n) is 1.23. The Balaban J connectivity index is 2.31. The van der Waals surface area contributed by atoms with Crippen LogP contribution in [-0.4, -0.2) is 28.8 Å². The third-order valence-electron chi connectivity index (χ3n) is 2.06.